The van der Waals surface area contributed by atoms with E-state index in [1.807, 2.05) is 12.1 Å². The molecular formula is C15H9ClFN3. The van der Waals surface area contributed by atoms with Crippen molar-refractivity contribution < 1.29 is 4.39 Å². The summed E-state index contributed by atoms with van der Waals surface area (Å²) in [5.41, 5.74) is 1.55. The molecule has 98 valence electrons. The van der Waals surface area contributed by atoms with Crippen LogP contribution in [-0.4, -0.2) is 0 Å². The highest BCUT2D eigenvalue weighted by Crippen LogP contribution is 2.24. The molecular weight excluding hydrogens is 277 g/mol. The molecule has 2 aromatic carbocycles. The van der Waals surface area contributed by atoms with Crippen LogP contribution in [0.4, 0.5) is 10.1 Å². The van der Waals surface area contributed by atoms with Crippen LogP contribution in [0.5, 0.6) is 0 Å². The maximum Gasteiger partial charge on any atom is 0.129 e. The summed E-state index contributed by atoms with van der Waals surface area (Å²) in [7, 11) is 0. The van der Waals surface area contributed by atoms with Gasteiger partial charge in [0.2, 0.25) is 0 Å². The maximum atomic E-state index is 13.7. The Hall–Kier alpha value is -2.56. The van der Waals surface area contributed by atoms with Gasteiger partial charge in [-0.2, -0.15) is 10.5 Å². The van der Waals surface area contributed by atoms with Gasteiger partial charge in [0.1, 0.15) is 11.9 Å². The Balaban J connectivity index is 2.20. The van der Waals surface area contributed by atoms with E-state index in [1.54, 1.807) is 24.3 Å². The second kappa shape index (κ2) is 6.06. The van der Waals surface area contributed by atoms with Crippen molar-refractivity contribution in [1.29, 1.82) is 10.5 Å². The molecule has 1 N–H and O–H groups in total. The van der Waals surface area contributed by atoms with Gasteiger partial charge in [-0.05, 0) is 24.3 Å². The number of hydrogen-bond donors (Lipinski definition) is 1. The molecule has 2 rings (SSSR count). The highest BCUT2D eigenvalue weighted by atomic mass is 35.5. The van der Waals surface area contributed by atoms with Crippen molar-refractivity contribution in [3.8, 4) is 12.1 Å². The Bertz CT molecular complexity index is 729. The first kappa shape index (κ1) is 13.9. The Morgan fingerprint density at radius 1 is 1.15 bits per heavy atom. The average molecular weight is 286 g/mol. The summed E-state index contributed by atoms with van der Waals surface area (Å²) in [5.74, 6) is -0.461. The fourth-order valence-electron chi connectivity index (χ4n) is 1.74. The largest absolute Gasteiger partial charge is 0.380 e. The van der Waals surface area contributed by atoms with E-state index in [-0.39, 0.29) is 12.1 Å². The third-order valence-electron chi connectivity index (χ3n) is 2.78. The molecule has 0 saturated heterocycles. The summed E-state index contributed by atoms with van der Waals surface area (Å²) >= 11 is 5.91. The van der Waals surface area contributed by atoms with Crippen LogP contribution < -0.4 is 5.32 Å². The predicted octanol–water partition coefficient (Wildman–Crippen LogP) is 3.83. The lowest BCUT2D eigenvalue weighted by Gasteiger charge is -2.10. The number of rotatable bonds is 3. The molecule has 0 bridgehead atoms. The summed E-state index contributed by atoms with van der Waals surface area (Å²) in [4.78, 5) is 0. The van der Waals surface area contributed by atoms with Crippen LogP contribution in [0.25, 0.3) is 0 Å². The molecule has 0 amide bonds. The molecule has 0 fully saturated rings. The van der Waals surface area contributed by atoms with Crippen LogP contribution in [0.3, 0.4) is 0 Å². The van der Waals surface area contributed by atoms with E-state index in [1.165, 1.54) is 12.1 Å². The summed E-state index contributed by atoms with van der Waals surface area (Å²) in [6, 6.07) is 13.2. The molecule has 0 aliphatic carbocycles. The van der Waals surface area contributed by atoms with E-state index in [4.69, 9.17) is 22.1 Å². The number of nitrogens with zero attached hydrogens (tertiary/aromatic N) is 2. The van der Waals surface area contributed by atoms with Crippen molar-refractivity contribution in [3.05, 3.63) is 63.9 Å². The highest BCUT2D eigenvalue weighted by Gasteiger charge is 2.08. The first-order valence-electron chi connectivity index (χ1n) is 5.76. The predicted molar refractivity (Wildman–Crippen MR) is 74.6 cm³/mol. The summed E-state index contributed by atoms with van der Waals surface area (Å²) in [6.45, 7) is 0.201. The van der Waals surface area contributed by atoms with E-state index in [2.05, 4.69) is 5.32 Å². The molecule has 2 aromatic rings. The summed E-state index contributed by atoms with van der Waals surface area (Å²) in [5, 5.41) is 21.0. The minimum Gasteiger partial charge on any atom is -0.380 e. The van der Waals surface area contributed by atoms with Gasteiger partial charge >= 0.3 is 0 Å². The van der Waals surface area contributed by atoms with Crippen molar-refractivity contribution in [3.63, 3.8) is 0 Å². The van der Waals surface area contributed by atoms with Crippen molar-refractivity contribution in [2.45, 2.75) is 6.54 Å². The van der Waals surface area contributed by atoms with E-state index >= 15 is 0 Å². The van der Waals surface area contributed by atoms with Crippen molar-refractivity contribution in [2.75, 3.05) is 5.32 Å². The van der Waals surface area contributed by atoms with Crippen LogP contribution in [0.1, 0.15) is 16.7 Å². The molecule has 0 heterocycles. The van der Waals surface area contributed by atoms with E-state index in [0.29, 0.717) is 21.8 Å². The van der Waals surface area contributed by atoms with Crippen molar-refractivity contribution in [1.82, 2.24) is 0 Å². The molecule has 0 radical (unpaired) electrons. The summed E-state index contributed by atoms with van der Waals surface area (Å²) < 4.78 is 13.7. The van der Waals surface area contributed by atoms with Gasteiger partial charge in [0.05, 0.1) is 27.9 Å². The Morgan fingerprint density at radius 3 is 2.60 bits per heavy atom. The first-order chi connectivity index (χ1) is 9.65. The van der Waals surface area contributed by atoms with Crippen LogP contribution in [-0.2, 0) is 6.54 Å². The number of anilines is 1. The van der Waals surface area contributed by atoms with Gasteiger partial charge in [-0.3, -0.25) is 0 Å². The second-order valence-electron chi connectivity index (χ2n) is 4.05. The molecule has 0 atom stereocenters. The molecule has 20 heavy (non-hydrogen) atoms. The minimum atomic E-state index is -0.461. The number of nitrogens with one attached hydrogen (secondary N) is 1. The van der Waals surface area contributed by atoms with Gasteiger partial charge in [-0.25, -0.2) is 4.39 Å². The molecule has 0 unspecified atom stereocenters. The summed E-state index contributed by atoms with van der Waals surface area (Å²) in [6.07, 6.45) is 0. The Labute approximate surface area is 120 Å². The quantitative estimate of drug-likeness (QED) is 0.932. The van der Waals surface area contributed by atoms with E-state index in [0.717, 1.165) is 0 Å². The lowest BCUT2D eigenvalue weighted by molar-refractivity contribution is 0.612. The molecule has 3 nitrogen and oxygen atoms in total. The Kier molecular flexibility index (Phi) is 4.20. The number of hydrogen-bond acceptors (Lipinski definition) is 3. The van der Waals surface area contributed by atoms with Gasteiger partial charge in [-0.15, -0.1) is 0 Å². The smallest absolute Gasteiger partial charge is 0.129 e. The van der Waals surface area contributed by atoms with Gasteiger partial charge in [0.25, 0.3) is 0 Å². The van der Waals surface area contributed by atoms with Crippen LogP contribution >= 0.6 is 11.6 Å². The first-order valence-corrected chi connectivity index (χ1v) is 6.14. The molecule has 0 aromatic heterocycles. The van der Waals surface area contributed by atoms with Gasteiger partial charge < -0.3 is 5.32 Å². The number of nitriles is 2. The normalized spacial score (nSPS) is 9.60. The maximum absolute atomic E-state index is 13.7. The van der Waals surface area contributed by atoms with Gasteiger partial charge in [-0.1, -0.05) is 23.7 Å². The lowest BCUT2D eigenvalue weighted by Crippen LogP contribution is -2.03. The number of halogens is 2. The molecule has 0 spiro atoms. The fraction of sp³-hybridized carbons (Fsp3) is 0.0667. The third-order valence-corrected chi connectivity index (χ3v) is 3.09. The Morgan fingerprint density at radius 2 is 1.95 bits per heavy atom. The third kappa shape index (κ3) is 2.88. The monoisotopic (exact) mass is 285 g/mol. The van der Waals surface area contributed by atoms with Crippen LogP contribution in [0, 0.1) is 28.5 Å². The topological polar surface area (TPSA) is 59.6 Å². The minimum absolute atomic E-state index is 0.201. The van der Waals surface area contributed by atoms with Crippen LogP contribution in [0.15, 0.2) is 36.4 Å². The van der Waals surface area contributed by atoms with Gasteiger partial charge in [0, 0.05) is 12.1 Å². The second-order valence-corrected chi connectivity index (χ2v) is 4.45. The zero-order valence-corrected chi connectivity index (χ0v) is 11.1. The van der Waals surface area contributed by atoms with Gasteiger partial charge in [0.15, 0.2) is 0 Å². The molecule has 0 aliphatic heterocycles. The fourth-order valence-corrected chi connectivity index (χ4v) is 1.95. The van der Waals surface area contributed by atoms with Crippen molar-refractivity contribution in [2.24, 2.45) is 0 Å². The lowest BCUT2D eigenvalue weighted by atomic mass is 10.1. The molecule has 0 saturated carbocycles. The zero-order chi connectivity index (χ0) is 14.5. The number of benzene rings is 2. The van der Waals surface area contributed by atoms with E-state index < -0.39 is 5.82 Å². The van der Waals surface area contributed by atoms with Crippen LogP contribution in [0.2, 0.25) is 5.02 Å². The zero-order valence-electron chi connectivity index (χ0n) is 10.3. The highest BCUT2D eigenvalue weighted by molar-refractivity contribution is 6.32. The SMILES string of the molecule is N#Cc1ccc(CNc2cccc(Cl)c2C#N)c(F)c1. The molecule has 0 aliphatic rings. The van der Waals surface area contributed by atoms with Crippen molar-refractivity contribution >= 4 is 17.3 Å². The average Bonchev–Trinajstić information content (AvgIpc) is 2.46. The van der Waals surface area contributed by atoms with E-state index in [9.17, 15) is 4.39 Å². The molecule has 5 heteroatoms. The standard InChI is InChI=1S/C15H9ClFN3/c16-13-2-1-3-15(12(13)8-19)20-9-11-5-4-10(7-18)6-14(11)17/h1-6,20H,9H2.